The molecule has 0 radical (unpaired) electrons. The van der Waals surface area contributed by atoms with E-state index in [0.29, 0.717) is 5.56 Å². The van der Waals surface area contributed by atoms with Crippen molar-refractivity contribution in [3.05, 3.63) is 27.5 Å². The minimum absolute atomic E-state index is 0.181. The molecule has 0 aliphatic rings. The normalized spacial score (nSPS) is 10.7. The molecule has 0 aliphatic heterocycles. The van der Waals surface area contributed by atoms with Gasteiger partial charge in [-0.15, -0.1) is 0 Å². The van der Waals surface area contributed by atoms with Gasteiger partial charge in [-0.2, -0.15) is 0 Å². The number of aromatic nitrogens is 1. The van der Waals surface area contributed by atoms with E-state index in [1.54, 1.807) is 0 Å². The van der Waals surface area contributed by atoms with E-state index in [0.717, 1.165) is 6.07 Å². The molecule has 0 fully saturated rings. The number of hydrogen-bond donors (Lipinski definition) is 0. The second-order valence-corrected chi connectivity index (χ2v) is 3.68. The van der Waals surface area contributed by atoms with Crippen LogP contribution in [0.5, 0.6) is 0 Å². The first-order valence-electron chi connectivity index (χ1n) is 3.58. The second-order valence-electron chi connectivity index (χ2n) is 2.59. The molecule has 0 amide bonds. The summed E-state index contributed by atoms with van der Waals surface area (Å²) in [6.07, 6.45) is -2.65. The molecular formula is C8H5BrClF2NO. The van der Waals surface area contributed by atoms with Gasteiger partial charge >= 0.3 is 0 Å². The van der Waals surface area contributed by atoms with Gasteiger partial charge in [0.25, 0.3) is 11.7 Å². The molecule has 1 aromatic heterocycles. The number of pyridine rings is 1. The van der Waals surface area contributed by atoms with Gasteiger partial charge in [0, 0.05) is 5.56 Å². The average molecular weight is 284 g/mol. The molecule has 0 unspecified atom stereocenters. The third-order valence-corrected chi connectivity index (χ3v) is 2.66. The van der Waals surface area contributed by atoms with Crippen molar-refractivity contribution in [1.29, 1.82) is 0 Å². The van der Waals surface area contributed by atoms with Crippen LogP contribution in [0.1, 0.15) is 28.0 Å². The van der Waals surface area contributed by atoms with E-state index in [2.05, 4.69) is 20.9 Å². The Kier molecular flexibility index (Phi) is 3.55. The molecule has 0 N–H and O–H groups in total. The minimum atomic E-state index is -2.65. The molecule has 1 aromatic rings. The van der Waals surface area contributed by atoms with E-state index >= 15 is 0 Å². The molecule has 0 aliphatic carbocycles. The van der Waals surface area contributed by atoms with Gasteiger partial charge in [-0.05, 0) is 46.1 Å². The van der Waals surface area contributed by atoms with Crippen LogP contribution < -0.4 is 0 Å². The van der Waals surface area contributed by atoms with E-state index in [4.69, 9.17) is 11.6 Å². The number of halogens is 4. The molecule has 0 spiro atoms. The van der Waals surface area contributed by atoms with Gasteiger partial charge in [0.1, 0.15) is 10.3 Å². The van der Waals surface area contributed by atoms with Crippen LogP contribution in [0.4, 0.5) is 8.78 Å². The molecule has 0 saturated carbocycles. The lowest BCUT2D eigenvalue weighted by atomic mass is 10.1. The summed E-state index contributed by atoms with van der Waals surface area (Å²) in [7, 11) is 0. The summed E-state index contributed by atoms with van der Waals surface area (Å²) in [6.45, 7) is 1.49. The zero-order chi connectivity index (χ0) is 10.9. The molecule has 14 heavy (non-hydrogen) atoms. The van der Waals surface area contributed by atoms with Crippen LogP contribution >= 0.6 is 27.5 Å². The number of alkyl halides is 2. The summed E-state index contributed by atoms with van der Waals surface area (Å²) in [4.78, 5) is 14.4. The molecule has 2 nitrogen and oxygen atoms in total. The second kappa shape index (κ2) is 4.31. The topological polar surface area (TPSA) is 30.0 Å². The van der Waals surface area contributed by atoms with Crippen molar-refractivity contribution >= 4 is 32.8 Å². The summed E-state index contributed by atoms with van der Waals surface area (Å²) in [5.41, 5.74) is -0.114. The lowest BCUT2D eigenvalue weighted by molar-refractivity contribution is 0.107. The van der Waals surface area contributed by atoms with Gasteiger partial charge in [-0.3, -0.25) is 4.79 Å². The summed E-state index contributed by atoms with van der Waals surface area (Å²) in [5, 5.41) is -0.854. The maximum atomic E-state index is 12.4. The van der Waals surface area contributed by atoms with Crippen molar-refractivity contribution < 1.29 is 13.6 Å². The maximum absolute atomic E-state index is 12.4. The fourth-order valence-corrected chi connectivity index (χ4v) is 1.44. The number of carbonyl (C=O) groups excluding carboxylic acids is 1. The van der Waals surface area contributed by atoms with Crippen LogP contribution in [0.2, 0.25) is 0 Å². The molecule has 0 saturated heterocycles. The standard InChI is InChI=1S/C8H5BrClF2NO/c1-3-4(8(11)12)2-5(7(10)14)13-6(3)9/h2,8H,1H3. The monoisotopic (exact) mass is 283 g/mol. The molecular weight excluding hydrogens is 279 g/mol. The minimum Gasteiger partial charge on any atom is -0.274 e. The van der Waals surface area contributed by atoms with Crippen molar-refractivity contribution in [3.63, 3.8) is 0 Å². The Balaban J connectivity index is 3.35. The predicted octanol–water partition coefficient (Wildman–Crippen LogP) is 3.47. The Bertz CT molecular complexity index is 384. The van der Waals surface area contributed by atoms with Crippen LogP contribution in [0.15, 0.2) is 10.7 Å². The first-order chi connectivity index (χ1) is 6.43. The Morgan fingerprint density at radius 1 is 1.64 bits per heavy atom. The molecule has 0 atom stereocenters. The molecule has 6 heteroatoms. The van der Waals surface area contributed by atoms with Crippen molar-refractivity contribution in [1.82, 2.24) is 4.98 Å². The van der Waals surface area contributed by atoms with Gasteiger partial charge in [-0.25, -0.2) is 13.8 Å². The highest BCUT2D eigenvalue weighted by atomic mass is 79.9. The van der Waals surface area contributed by atoms with E-state index in [1.807, 2.05) is 0 Å². The van der Waals surface area contributed by atoms with E-state index in [-0.39, 0.29) is 15.9 Å². The van der Waals surface area contributed by atoms with E-state index < -0.39 is 11.7 Å². The smallest absolute Gasteiger partial charge is 0.270 e. The highest BCUT2D eigenvalue weighted by Crippen LogP contribution is 2.27. The lowest BCUT2D eigenvalue weighted by Gasteiger charge is -2.07. The number of rotatable bonds is 2. The highest BCUT2D eigenvalue weighted by molar-refractivity contribution is 9.10. The Labute approximate surface area is 92.4 Å². The highest BCUT2D eigenvalue weighted by Gasteiger charge is 2.17. The fraction of sp³-hybridized carbons (Fsp3) is 0.250. The van der Waals surface area contributed by atoms with Crippen molar-refractivity contribution in [2.75, 3.05) is 0 Å². The molecule has 0 bridgehead atoms. The number of carbonyl (C=O) groups is 1. The first kappa shape index (κ1) is 11.5. The van der Waals surface area contributed by atoms with Crippen LogP contribution in [-0.4, -0.2) is 10.2 Å². The summed E-state index contributed by atoms with van der Waals surface area (Å²) >= 11 is 8.12. The average Bonchev–Trinajstić information content (AvgIpc) is 2.08. The van der Waals surface area contributed by atoms with Crippen LogP contribution in [0.25, 0.3) is 0 Å². The summed E-state index contributed by atoms with van der Waals surface area (Å²) < 4.78 is 25.1. The predicted molar refractivity (Wildman–Crippen MR) is 51.8 cm³/mol. The maximum Gasteiger partial charge on any atom is 0.270 e. The lowest BCUT2D eigenvalue weighted by Crippen LogP contribution is -2.01. The largest absolute Gasteiger partial charge is 0.274 e. The van der Waals surface area contributed by atoms with Gasteiger partial charge in [0.15, 0.2) is 0 Å². The zero-order valence-electron chi connectivity index (χ0n) is 7.02. The number of hydrogen-bond acceptors (Lipinski definition) is 2. The fourth-order valence-electron chi connectivity index (χ4n) is 0.924. The zero-order valence-corrected chi connectivity index (χ0v) is 9.36. The first-order valence-corrected chi connectivity index (χ1v) is 4.75. The van der Waals surface area contributed by atoms with Crippen molar-refractivity contribution in [2.45, 2.75) is 13.3 Å². The van der Waals surface area contributed by atoms with E-state index in [9.17, 15) is 13.6 Å². The van der Waals surface area contributed by atoms with Crippen LogP contribution in [0.3, 0.4) is 0 Å². The van der Waals surface area contributed by atoms with Gasteiger partial charge < -0.3 is 0 Å². The van der Waals surface area contributed by atoms with Crippen molar-refractivity contribution in [2.24, 2.45) is 0 Å². The Morgan fingerprint density at radius 3 is 2.64 bits per heavy atom. The van der Waals surface area contributed by atoms with E-state index in [1.165, 1.54) is 6.92 Å². The Morgan fingerprint density at radius 2 is 2.21 bits per heavy atom. The van der Waals surface area contributed by atoms with Gasteiger partial charge in [-0.1, -0.05) is 0 Å². The Hall–Kier alpha value is -0.550. The third-order valence-electron chi connectivity index (χ3n) is 1.69. The van der Waals surface area contributed by atoms with Gasteiger partial charge in [0.05, 0.1) is 0 Å². The summed E-state index contributed by atoms with van der Waals surface area (Å²) in [6, 6.07) is 1.00. The SMILES string of the molecule is Cc1c(C(F)F)cc(C(=O)Cl)nc1Br. The third kappa shape index (κ3) is 2.27. The summed E-state index contributed by atoms with van der Waals surface area (Å²) in [5.74, 6) is 0. The van der Waals surface area contributed by atoms with Crippen LogP contribution in [-0.2, 0) is 0 Å². The molecule has 1 rings (SSSR count). The van der Waals surface area contributed by atoms with Crippen molar-refractivity contribution in [3.8, 4) is 0 Å². The molecule has 1 heterocycles. The van der Waals surface area contributed by atoms with Gasteiger partial charge in [0.2, 0.25) is 0 Å². The molecule has 76 valence electrons. The molecule has 0 aromatic carbocycles. The quantitative estimate of drug-likeness (QED) is 0.615. The van der Waals surface area contributed by atoms with Crippen LogP contribution in [0, 0.1) is 6.92 Å². The number of nitrogens with zero attached hydrogens (tertiary/aromatic N) is 1.